The van der Waals surface area contributed by atoms with Crippen LogP contribution in [0.15, 0.2) is 0 Å². The lowest BCUT2D eigenvalue weighted by atomic mass is 9.55. The van der Waals surface area contributed by atoms with Crippen LogP contribution in [0.1, 0.15) is 44.2 Å². The molecule has 23 heavy (non-hydrogen) atoms. The normalized spacial score (nSPS) is 28.5. The van der Waals surface area contributed by atoms with Crippen LogP contribution in [-0.4, -0.2) is 48.1 Å². The van der Waals surface area contributed by atoms with E-state index in [1.54, 1.807) is 18.4 Å². The van der Waals surface area contributed by atoms with Gasteiger partial charge in [0.2, 0.25) is 5.91 Å². The summed E-state index contributed by atoms with van der Waals surface area (Å²) in [5.41, 5.74) is 1.09. The van der Waals surface area contributed by atoms with Crippen LogP contribution in [0.4, 0.5) is 5.13 Å². The van der Waals surface area contributed by atoms with E-state index >= 15 is 0 Å². The van der Waals surface area contributed by atoms with Crippen LogP contribution in [-0.2, 0) is 22.4 Å². The van der Waals surface area contributed by atoms with Gasteiger partial charge in [-0.3, -0.25) is 9.69 Å². The zero-order valence-electron chi connectivity index (χ0n) is 14.7. The Hall–Kier alpha value is -0.980. The van der Waals surface area contributed by atoms with E-state index in [4.69, 9.17) is 4.74 Å². The number of nitrogens with zero attached hydrogens (tertiary/aromatic N) is 2. The number of likely N-dealkylation sites (N-methyl/N-ethyl adjacent to an activating group) is 1. The van der Waals surface area contributed by atoms with Crippen LogP contribution in [0.3, 0.4) is 0 Å². The lowest BCUT2D eigenvalue weighted by molar-refractivity contribution is -0.205. The van der Waals surface area contributed by atoms with E-state index in [2.05, 4.69) is 36.0 Å². The minimum absolute atomic E-state index is 0.0155. The first-order valence-corrected chi connectivity index (χ1v) is 9.12. The van der Waals surface area contributed by atoms with Gasteiger partial charge in [-0.2, -0.15) is 0 Å². The van der Waals surface area contributed by atoms with Crippen molar-refractivity contribution in [2.75, 3.05) is 26.0 Å². The largest absolute Gasteiger partial charge is 0.378 e. The second-order valence-electron chi connectivity index (χ2n) is 7.58. The molecule has 1 saturated carbocycles. The number of nitrogens with one attached hydrogen (secondary N) is 1. The maximum atomic E-state index is 12.3. The molecule has 3 rings (SSSR count). The number of hydrogen-bond donors (Lipinski definition) is 1. The summed E-state index contributed by atoms with van der Waals surface area (Å²) < 4.78 is 5.67. The highest BCUT2D eigenvalue weighted by Gasteiger charge is 2.59. The third-order valence-electron chi connectivity index (χ3n) is 6.00. The number of carbonyl (C=O) groups excluding carboxylic acids is 1. The Kier molecular flexibility index (Phi) is 4.27. The van der Waals surface area contributed by atoms with E-state index in [1.165, 1.54) is 17.0 Å². The van der Waals surface area contributed by atoms with Gasteiger partial charge in [-0.25, -0.2) is 4.98 Å². The predicted octanol–water partition coefficient (Wildman–Crippen LogP) is 2.71. The summed E-state index contributed by atoms with van der Waals surface area (Å²) in [6.07, 6.45) is 4.30. The van der Waals surface area contributed by atoms with Crippen LogP contribution in [0.2, 0.25) is 0 Å². The Morgan fingerprint density at radius 3 is 2.78 bits per heavy atom. The van der Waals surface area contributed by atoms with Gasteiger partial charge in [-0.05, 0) is 39.7 Å². The summed E-state index contributed by atoms with van der Waals surface area (Å²) in [5, 5.41) is 3.72. The van der Waals surface area contributed by atoms with Crippen molar-refractivity contribution in [1.29, 1.82) is 0 Å². The molecule has 2 aliphatic rings. The Labute approximate surface area is 142 Å². The molecule has 1 fully saturated rings. The van der Waals surface area contributed by atoms with Gasteiger partial charge in [0, 0.05) is 23.4 Å². The number of aryl methyl sites for hydroxylation is 2. The van der Waals surface area contributed by atoms with E-state index in [0.717, 1.165) is 24.4 Å². The fraction of sp³-hybridized carbons (Fsp3) is 0.765. The third kappa shape index (κ3) is 2.81. The van der Waals surface area contributed by atoms with Crippen molar-refractivity contribution in [1.82, 2.24) is 9.88 Å². The van der Waals surface area contributed by atoms with Gasteiger partial charge in [-0.1, -0.05) is 13.8 Å². The van der Waals surface area contributed by atoms with Crippen molar-refractivity contribution in [3.63, 3.8) is 0 Å². The lowest BCUT2D eigenvalue weighted by Gasteiger charge is -2.61. The number of hydrogen-bond acceptors (Lipinski definition) is 5. The van der Waals surface area contributed by atoms with E-state index in [9.17, 15) is 4.79 Å². The summed E-state index contributed by atoms with van der Waals surface area (Å²) in [4.78, 5) is 20.3. The molecule has 1 aromatic heterocycles. The SMILES string of the molecule is CO[C@@]1(C)C[C@H](N(C)CC(=O)Nc2nc3c(s2)CCC3)C1(C)C. The summed E-state index contributed by atoms with van der Waals surface area (Å²) in [7, 11) is 3.79. The number of methoxy groups -OCH3 is 1. The van der Waals surface area contributed by atoms with Crippen LogP contribution in [0.25, 0.3) is 0 Å². The molecule has 5 nitrogen and oxygen atoms in total. The van der Waals surface area contributed by atoms with Gasteiger partial charge in [0.15, 0.2) is 5.13 Å². The van der Waals surface area contributed by atoms with Crippen LogP contribution >= 0.6 is 11.3 Å². The first-order valence-electron chi connectivity index (χ1n) is 8.30. The molecule has 6 heteroatoms. The molecule has 0 radical (unpaired) electrons. The molecule has 0 unspecified atom stereocenters. The van der Waals surface area contributed by atoms with Gasteiger partial charge < -0.3 is 10.1 Å². The van der Waals surface area contributed by atoms with E-state index in [1.807, 2.05) is 7.05 Å². The molecular formula is C17H27N3O2S. The molecule has 0 bridgehead atoms. The van der Waals surface area contributed by atoms with Gasteiger partial charge in [-0.15, -0.1) is 11.3 Å². The van der Waals surface area contributed by atoms with Crippen molar-refractivity contribution >= 4 is 22.4 Å². The molecule has 0 aromatic carbocycles. The quantitative estimate of drug-likeness (QED) is 0.897. The molecule has 0 aliphatic heterocycles. The minimum Gasteiger partial charge on any atom is -0.378 e. The second kappa shape index (κ2) is 5.83. The number of thiazole rings is 1. The molecular weight excluding hydrogens is 310 g/mol. The smallest absolute Gasteiger partial charge is 0.240 e. The fourth-order valence-electron chi connectivity index (χ4n) is 3.90. The maximum absolute atomic E-state index is 12.3. The lowest BCUT2D eigenvalue weighted by Crippen LogP contribution is -2.68. The molecule has 2 aliphatic carbocycles. The molecule has 0 spiro atoms. The van der Waals surface area contributed by atoms with Crippen LogP contribution < -0.4 is 5.32 Å². The monoisotopic (exact) mass is 337 g/mol. The number of rotatable bonds is 5. The Morgan fingerprint density at radius 1 is 1.43 bits per heavy atom. The number of fused-ring (bicyclic) bond motifs is 1. The molecule has 1 amide bonds. The van der Waals surface area contributed by atoms with Gasteiger partial charge in [0.25, 0.3) is 0 Å². The maximum Gasteiger partial charge on any atom is 0.240 e. The van der Waals surface area contributed by atoms with Crippen molar-refractivity contribution < 1.29 is 9.53 Å². The first kappa shape index (κ1) is 16.9. The fourth-order valence-corrected chi connectivity index (χ4v) is 4.97. The predicted molar refractivity (Wildman–Crippen MR) is 93.0 cm³/mol. The molecule has 128 valence electrons. The van der Waals surface area contributed by atoms with Crippen molar-refractivity contribution in [2.45, 2.75) is 58.1 Å². The first-order chi connectivity index (χ1) is 10.8. The number of aromatic nitrogens is 1. The molecule has 0 saturated heterocycles. The highest BCUT2D eigenvalue weighted by Crippen LogP contribution is 2.53. The molecule has 1 N–H and O–H groups in total. The minimum atomic E-state index is -0.113. The van der Waals surface area contributed by atoms with Gasteiger partial charge in [0.05, 0.1) is 17.8 Å². The highest BCUT2D eigenvalue weighted by atomic mass is 32.1. The summed E-state index contributed by atoms with van der Waals surface area (Å²) in [6, 6.07) is 0.347. The Morgan fingerprint density at radius 2 is 2.17 bits per heavy atom. The highest BCUT2D eigenvalue weighted by molar-refractivity contribution is 7.15. The number of carbonyl (C=O) groups is 1. The average molecular weight is 337 g/mol. The summed E-state index contributed by atoms with van der Waals surface area (Å²) >= 11 is 1.63. The van der Waals surface area contributed by atoms with Gasteiger partial charge >= 0.3 is 0 Å². The molecule has 1 aromatic rings. The summed E-state index contributed by atoms with van der Waals surface area (Å²) in [6.45, 7) is 6.96. The Balaban J connectivity index is 1.56. The third-order valence-corrected chi connectivity index (χ3v) is 7.07. The van der Waals surface area contributed by atoms with Crippen LogP contribution in [0.5, 0.6) is 0 Å². The second-order valence-corrected chi connectivity index (χ2v) is 8.67. The van der Waals surface area contributed by atoms with E-state index in [-0.39, 0.29) is 16.9 Å². The topological polar surface area (TPSA) is 54.5 Å². The summed E-state index contributed by atoms with van der Waals surface area (Å²) in [5.74, 6) is 0.0155. The zero-order valence-corrected chi connectivity index (χ0v) is 15.5. The van der Waals surface area contributed by atoms with Crippen molar-refractivity contribution in [3.8, 4) is 0 Å². The van der Waals surface area contributed by atoms with Crippen LogP contribution in [0, 0.1) is 5.41 Å². The van der Waals surface area contributed by atoms with E-state index < -0.39 is 0 Å². The molecule has 1 heterocycles. The zero-order chi connectivity index (χ0) is 16.8. The number of amides is 1. The van der Waals surface area contributed by atoms with Crippen molar-refractivity contribution in [3.05, 3.63) is 10.6 Å². The number of ether oxygens (including phenoxy) is 1. The van der Waals surface area contributed by atoms with Crippen molar-refractivity contribution in [2.24, 2.45) is 5.41 Å². The number of anilines is 1. The standard InChI is InChI=1S/C17H27N3O2S/c1-16(2)13(9-17(16,3)22-5)20(4)10-14(21)19-15-18-11-7-6-8-12(11)23-15/h13H,6-10H2,1-5H3,(H,18,19,21)/t13-,17-/m0/s1. The van der Waals surface area contributed by atoms with Gasteiger partial charge in [0.1, 0.15) is 0 Å². The average Bonchev–Trinajstić information content (AvgIpc) is 3.04. The molecule has 2 atom stereocenters. The Bertz CT molecular complexity index is 591. The van der Waals surface area contributed by atoms with E-state index in [0.29, 0.717) is 12.6 Å².